The lowest BCUT2D eigenvalue weighted by Crippen LogP contribution is -2.26. The molecule has 2 aromatic rings. The zero-order valence-electron chi connectivity index (χ0n) is 10.8. The molecule has 0 bridgehead atoms. The van der Waals surface area contributed by atoms with Gasteiger partial charge in [-0.15, -0.1) is 11.8 Å². The van der Waals surface area contributed by atoms with Crippen molar-refractivity contribution in [3.8, 4) is 0 Å². The Kier molecular flexibility index (Phi) is 5.11. The lowest BCUT2D eigenvalue weighted by atomic mass is 10.3. The molecule has 0 aliphatic heterocycles. The first kappa shape index (κ1) is 15.0. The quantitative estimate of drug-likeness (QED) is 0.604. The summed E-state index contributed by atoms with van der Waals surface area (Å²) in [6.45, 7) is 0.247. The second-order valence-corrected chi connectivity index (χ2v) is 7.22. The number of rotatable bonds is 7. The lowest BCUT2D eigenvalue weighted by Gasteiger charge is -2.07. The molecule has 0 saturated heterocycles. The maximum Gasteiger partial charge on any atom is 0.212 e. The van der Waals surface area contributed by atoms with E-state index in [9.17, 15) is 8.42 Å². The zero-order valence-corrected chi connectivity index (χ0v) is 12.4. The molecule has 1 aromatic heterocycles. The number of nitrogens with one attached hydrogen (secondary N) is 1. The molecule has 3 N–H and O–H groups in total. The Labute approximate surface area is 122 Å². The molecule has 0 unspecified atom stereocenters. The van der Waals surface area contributed by atoms with Crippen molar-refractivity contribution in [2.75, 3.05) is 17.2 Å². The molecule has 7 heteroatoms. The summed E-state index contributed by atoms with van der Waals surface area (Å²) in [6.07, 6.45) is 3.03. The number of benzene rings is 1. The second-order valence-electron chi connectivity index (χ2n) is 4.16. The number of nitrogen functional groups attached to an aromatic ring is 1. The summed E-state index contributed by atoms with van der Waals surface area (Å²) in [6, 6.07) is 9.13. The Morgan fingerprint density at radius 1 is 1.25 bits per heavy atom. The van der Waals surface area contributed by atoms with E-state index in [1.807, 2.05) is 18.2 Å². The Morgan fingerprint density at radius 3 is 2.75 bits per heavy atom. The Morgan fingerprint density at radius 2 is 2.05 bits per heavy atom. The molecule has 0 saturated carbocycles. The van der Waals surface area contributed by atoms with Gasteiger partial charge in [0.15, 0.2) is 0 Å². The molecule has 0 aliphatic carbocycles. The molecular formula is C13H16N2O3S2. The minimum Gasteiger partial charge on any atom is -0.472 e. The summed E-state index contributed by atoms with van der Waals surface area (Å²) in [5, 5.41) is 0. The van der Waals surface area contributed by atoms with Crippen molar-refractivity contribution in [2.45, 2.75) is 11.4 Å². The van der Waals surface area contributed by atoms with E-state index in [2.05, 4.69) is 4.72 Å². The third-order valence-corrected chi connectivity index (χ3v) is 5.28. The zero-order chi connectivity index (χ0) is 14.4. The number of hydrogen-bond donors (Lipinski definition) is 2. The van der Waals surface area contributed by atoms with Crippen molar-refractivity contribution in [2.24, 2.45) is 0 Å². The van der Waals surface area contributed by atoms with Crippen LogP contribution in [0.5, 0.6) is 0 Å². The molecular weight excluding hydrogens is 296 g/mol. The minimum atomic E-state index is -3.29. The average Bonchev–Trinajstić information content (AvgIpc) is 2.92. The molecule has 1 heterocycles. The van der Waals surface area contributed by atoms with Crippen molar-refractivity contribution in [1.29, 1.82) is 0 Å². The van der Waals surface area contributed by atoms with Gasteiger partial charge in [0.05, 0.1) is 18.3 Å². The first-order valence-electron chi connectivity index (χ1n) is 6.02. The van der Waals surface area contributed by atoms with E-state index in [0.29, 0.717) is 11.4 Å². The van der Waals surface area contributed by atoms with Crippen molar-refractivity contribution < 1.29 is 12.8 Å². The van der Waals surface area contributed by atoms with E-state index in [1.165, 1.54) is 24.3 Å². The number of anilines is 1. The highest BCUT2D eigenvalue weighted by Crippen LogP contribution is 2.24. The van der Waals surface area contributed by atoms with Crippen LogP contribution in [-0.4, -0.2) is 19.9 Å². The van der Waals surface area contributed by atoms with Crippen LogP contribution in [0, 0.1) is 0 Å². The molecule has 0 fully saturated rings. The predicted octanol–water partition coefficient (Wildman–Crippen LogP) is 2.07. The van der Waals surface area contributed by atoms with Crippen LogP contribution in [0.2, 0.25) is 0 Å². The average molecular weight is 312 g/mol. The highest BCUT2D eigenvalue weighted by molar-refractivity contribution is 8.00. The monoisotopic (exact) mass is 312 g/mol. The third-order valence-electron chi connectivity index (χ3n) is 2.60. The van der Waals surface area contributed by atoms with Gasteiger partial charge < -0.3 is 10.2 Å². The van der Waals surface area contributed by atoms with Gasteiger partial charge in [-0.3, -0.25) is 0 Å². The third kappa shape index (κ3) is 4.59. The first-order valence-corrected chi connectivity index (χ1v) is 8.66. The van der Waals surface area contributed by atoms with Crippen molar-refractivity contribution in [3.63, 3.8) is 0 Å². The van der Waals surface area contributed by atoms with E-state index >= 15 is 0 Å². The number of para-hydroxylation sites is 1. The summed E-state index contributed by atoms with van der Waals surface area (Å²) in [7, 11) is -3.29. The fourth-order valence-electron chi connectivity index (χ4n) is 1.53. The summed E-state index contributed by atoms with van der Waals surface area (Å²) in [5.74, 6) is 0.499. The summed E-state index contributed by atoms with van der Waals surface area (Å²) in [4.78, 5) is 0.900. The summed E-state index contributed by atoms with van der Waals surface area (Å²) >= 11 is 1.43. The molecule has 5 nitrogen and oxygen atoms in total. The van der Waals surface area contributed by atoms with Crippen molar-refractivity contribution >= 4 is 27.5 Å². The normalized spacial score (nSPS) is 11.6. The number of nitrogens with two attached hydrogens (primary N) is 1. The summed E-state index contributed by atoms with van der Waals surface area (Å²) < 4.78 is 31.0. The number of furan rings is 1. The van der Waals surface area contributed by atoms with E-state index in [4.69, 9.17) is 10.2 Å². The second kappa shape index (κ2) is 6.83. The van der Waals surface area contributed by atoms with Gasteiger partial charge in [0.2, 0.25) is 10.0 Å². The Balaban J connectivity index is 1.79. The highest BCUT2D eigenvalue weighted by Gasteiger charge is 2.11. The predicted molar refractivity (Wildman–Crippen MR) is 80.9 cm³/mol. The van der Waals surface area contributed by atoms with Gasteiger partial charge in [0.1, 0.15) is 0 Å². The molecule has 1 aromatic carbocycles. The van der Waals surface area contributed by atoms with Crippen LogP contribution < -0.4 is 10.5 Å². The number of sulfonamides is 1. The van der Waals surface area contributed by atoms with Gasteiger partial charge in [0.25, 0.3) is 0 Å². The first-order chi connectivity index (χ1) is 9.57. The Hall–Kier alpha value is -1.44. The van der Waals surface area contributed by atoms with Crippen molar-refractivity contribution in [3.05, 3.63) is 48.4 Å². The lowest BCUT2D eigenvalue weighted by molar-refractivity contribution is 0.561. The van der Waals surface area contributed by atoms with Crippen molar-refractivity contribution in [1.82, 2.24) is 4.72 Å². The van der Waals surface area contributed by atoms with Crippen LogP contribution in [-0.2, 0) is 16.6 Å². The van der Waals surface area contributed by atoms with E-state index in [-0.39, 0.29) is 12.3 Å². The smallest absolute Gasteiger partial charge is 0.212 e. The topological polar surface area (TPSA) is 85.3 Å². The van der Waals surface area contributed by atoms with Crippen LogP contribution in [0.1, 0.15) is 5.56 Å². The maximum absolute atomic E-state index is 11.8. The minimum absolute atomic E-state index is 0.0455. The SMILES string of the molecule is Nc1ccccc1SCCS(=O)(=O)NCc1ccoc1. The largest absolute Gasteiger partial charge is 0.472 e. The van der Waals surface area contributed by atoms with Crippen LogP contribution in [0.3, 0.4) is 0 Å². The van der Waals surface area contributed by atoms with Gasteiger partial charge >= 0.3 is 0 Å². The van der Waals surface area contributed by atoms with Gasteiger partial charge in [-0.1, -0.05) is 12.1 Å². The van der Waals surface area contributed by atoms with Crippen LogP contribution in [0.15, 0.2) is 52.2 Å². The van der Waals surface area contributed by atoms with E-state index in [0.717, 1.165) is 10.5 Å². The van der Waals surface area contributed by atoms with Crippen LogP contribution in [0.25, 0.3) is 0 Å². The molecule has 0 amide bonds. The number of thioether (sulfide) groups is 1. The van der Waals surface area contributed by atoms with E-state index in [1.54, 1.807) is 12.1 Å². The molecule has 0 spiro atoms. The van der Waals surface area contributed by atoms with Gasteiger partial charge in [-0.25, -0.2) is 13.1 Å². The molecule has 0 aliphatic rings. The molecule has 0 radical (unpaired) electrons. The van der Waals surface area contributed by atoms with Gasteiger partial charge in [0, 0.05) is 28.4 Å². The summed E-state index contributed by atoms with van der Waals surface area (Å²) in [5.41, 5.74) is 7.26. The van der Waals surface area contributed by atoms with Crippen LogP contribution >= 0.6 is 11.8 Å². The van der Waals surface area contributed by atoms with Gasteiger partial charge in [-0.2, -0.15) is 0 Å². The standard InChI is InChI=1S/C13H16N2O3S2/c14-12-3-1-2-4-13(12)19-7-8-20(16,17)15-9-11-5-6-18-10-11/h1-6,10,15H,7-9,14H2. The van der Waals surface area contributed by atoms with Gasteiger partial charge in [-0.05, 0) is 18.2 Å². The molecule has 0 atom stereocenters. The fraction of sp³-hybridized carbons (Fsp3) is 0.231. The van der Waals surface area contributed by atoms with E-state index < -0.39 is 10.0 Å². The highest BCUT2D eigenvalue weighted by atomic mass is 32.2. The van der Waals surface area contributed by atoms with Crippen LogP contribution in [0.4, 0.5) is 5.69 Å². The number of hydrogen-bond acceptors (Lipinski definition) is 5. The maximum atomic E-state index is 11.8. The molecule has 20 heavy (non-hydrogen) atoms. The molecule has 108 valence electrons. The Bertz CT molecular complexity index is 639. The molecule has 2 rings (SSSR count). The fourth-order valence-corrected chi connectivity index (χ4v) is 3.90.